The molecule has 2 nitrogen and oxygen atoms in total. The Morgan fingerprint density at radius 2 is 2.29 bits per heavy atom. The van der Waals surface area contributed by atoms with E-state index in [0.29, 0.717) is 5.92 Å². The minimum atomic E-state index is -0.690. The zero-order chi connectivity index (χ0) is 10.3. The minimum Gasteiger partial charge on any atom is -0.366 e. The predicted octanol–water partition coefficient (Wildman–Crippen LogP) is 1.97. The Labute approximate surface area is 81.9 Å². The van der Waals surface area contributed by atoms with Crippen LogP contribution in [0.15, 0.2) is 12.1 Å². The van der Waals surface area contributed by atoms with E-state index in [4.69, 9.17) is 5.73 Å². The first kappa shape index (κ1) is 9.19. The van der Waals surface area contributed by atoms with Crippen molar-refractivity contribution >= 4 is 5.91 Å². The highest BCUT2D eigenvalue weighted by Crippen LogP contribution is 2.33. The summed E-state index contributed by atoms with van der Waals surface area (Å²) < 4.78 is 13.3. The van der Waals surface area contributed by atoms with Crippen molar-refractivity contribution in [3.63, 3.8) is 0 Å². The molecule has 0 heterocycles. The third-order valence-corrected chi connectivity index (χ3v) is 2.87. The molecule has 0 bridgehead atoms. The average molecular weight is 193 g/mol. The quantitative estimate of drug-likeness (QED) is 0.728. The van der Waals surface area contributed by atoms with Crippen LogP contribution in [0.5, 0.6) is 0 Å². The van der Waals surface area contributed by atoms with Gasteiger partial charge in [0.05, 0.1) is 5.56 Å². The third kappa shape index (κ3) is 1.29. The molecule has 1 atom stereocenters. The van der Waals surface area contributed by atoms with Crippen molar-refractivity contribution in [2.24, 2.45) is 5.73 Å². The van der Waals surface area contributed by atoms with E-state index in [-0.39, 0.29) is 5.56 Å². The van der Waals surface area contributed by atoms with E-state index in [0.717, 1.165) is 24.0 Å². The standard InChI is InChI=1S/C11H12FNO/c1-6-2-3-7-4-10(12)9(11(13)14)5-8(6)7/h4-6H,2-3H2,1H3,(H2,13,14). The maximum atomic E-state index is 13.3. The van der Waals surface area contributed by atoms with E-state index in [9.17, 15) is 9.18 Å². The number of aryl methyl sites for hydroxylation is 1. The number of hydrogen-bond acceptors (Lipinski definition) is 1. The molecule has 74 valence electrons. The zero-order valence-electron chi connectivity index (χ0n) is 8.01. The summed E-state index contributed by atoms with van der Waals surface area (Å²) in [6, 6.07) is 3.05. The second-order valence-electron chi connectivity index (χ2n) is 3.83. The summed E-state index contributed by atoms with van der Waals surface area (Å²) in [5.74, 6) is -0.779. The van der Waals surface area contributed by atoms with Crippen LogP contribution in [0.25, 0.3) is 0 Å². The summed E-state index contributed by atoms with van der Waals surface area (Å²) in [6.07, 6.45) is 1.92. The normalized spacial score (nSPS) is 19.4. The number of carbonyl (C=O) groups is 1. The molecule has 0 saturated carbocycles. The molecule has 0 fully saturated rings. The third-order valence-electron chi connectivity index (χ3n) is 2.87. The summed E-state index contributed by atoms with van der Waals surface area (Å²) in [5, 5.41) is 0. The first-order valence-electron chi connectivity index (χ1n) is 4.71. The maximum absolute atomic E-state index is 13.3. The second kappa shape index (κ2) is 3.08. The zero-order valence-corrected chi connectivity index (χ0v) is 8.01. The van der Waals surface area contributed by atoms with Gasteiger partial charge in [0.2, 0.25) is 0 Å². The van der Waals surface area contributed by atoms with E-state index < -0.39 is 11.7 Å². The Bertz CT molecular complexity index is 401. The fraction of sp³-hybridized carbons (Fsp3) is 0.364. The Balaban J connectivity index is 2.57. The van der Waals surface area contributed by atoms with Crippen LogP contribution in [0.3, 0.4) is 0 Å². The average Bonchev–Trinajstić information content (AvgIpc) is 2.46. The molecule has 14 heavy (non-hydrogen) atoms. The van der Waals surface area contributed by atoms with Gasteiger partial charge in [-0.2, -0.15) is 0 Å². The largest absolute Gasteiger partial charge is 0.366 e. The molecular formula is C11H12FNO. The van der Waals surface area contributed by atoms with Gasteiger partial charge in [0.15, 0.2) is 0 Å². The Morgan fingerprint density at radius 1 is 1.57 bits per heavy atom. The van der Waals surface area contributed by atoms with Crippen molar-refractivity contribution in [2.75, 3.05) is 0 Å². The molecule has 2 rings (SSSR count). The van der Waals surface area contributed by atoms with Gasteiger partial charge in [-0.1, -0.05) is 6.92 Å². The molecule has 0 spiro atoms. The fourth-order valence-corrected chi connectivity index (χ4v) is 2.02. The first-order chi connectivity index (χ1) is 6.59. The highest BCUT2D eigenvalue weighted by atomic mass is 19.1. The van der Waals surface area contributed by atoms with Crippen molar-refractivity contribution in [2.45, 2.75) is 25.7 Å². The Morgan fingerprint density at radius 3 is 2.93 bits per heavy atom. The van der Waals surface area contributed by atoms with E-state index in [1.54, 1.807) is 6.07 Å². The van der Waals surface area contributed by atoms with Crippen LogP contribution in [0, 0.1) is 5.82 Å². The van der Waals surface area contributed by atoms with Crippen molar-refractivity contribution in [1.29, 1.82) is 0 Å². The lowest BCUT2D eigenvalue weighted by Crippen LogP contribution is -2.14. The van der Waals surface area contributed by atoms with Gasteiger partial charge >= 0.3 is 0 Å². The van der Waals surface area contributed by atoms with Gasteiger partial charge in [-0.25, -0.2) is 4.39 Å². The van der Waals surface area contributed by atoms with Crippen molar-refractivity contribution in [1.82, 2.24) is 0 Å². The molecule has 0 aromatic heterocycles. The summed E-state index contributed by atoms with van der Waals surface area (Å²) in [4.78, 5) is 10.9. The molecule has 2 N–H and O–H groups in total. The van der Waals surface area contributed by atoms with E-state index in [1.807, 2.05) is 0 Å². The van der Waals surface area contributed by atoms with Crippen LogP contribution in [0.4, 0.5) is 4.39 Å². The molecule has 1 unspecified atom stereocenters. The van der Waals surface area contributed by atoms with Gasteiger partial charge in [0, 0.05) is 0 Å². The molecule has 3 heteroatoms. The topological polar surface area (TPSA) is 43.1 Å². The number of rotatable bonds is 1. The highest BCUT2D eigenvalue weighted by Gasteiger charge is 2.22. The SMILES string of the molecule is CC1CCc2cc(F)c(C(N)=O)cc21. The number of hydrogen-bond donors (Lipinski definition) is 1. The Hall–Kier alpha value is -1.38. The Kier molecular flexibility index (Phi) is 2.02. The van der Waals surface area contributed by atoms with Gasteiger partial charge in [0.25, 0.3) is 5.91 Å². The van der Waals surface area contributed by atoms with E-state index in [1.165, 1.54) is 6.07 Å². The molecule has 1 aliphatic carbocycles. The number of fused-ring (bicyclic) bond motifs is 1. The number of primary amides is 1. The number of amides is 1. The molecule has 1 aliphatic rings. The smallest absolute Gasteiger partial charge is 0.251 e. The van der Waals surface area contributed by atoms with Crippen molar-refractivity contribution in [3.05, 3.63) is 34.6 Å². The van der Waals surface area contributed by atoms with Gasteiger partial charge in [-0.05, 0) is 42.0 Å². The maximum Gasteiger partial charge on any atom is 0.251 e. The van der Waals surface area contributed by atoms with Crippen LogP contribution in [-0.4, -0.2) is 5.91 Å². The van der Waals surface area contributed by atoms with Crippen LogP contribution >= 0.6 is 0 Å². The van der Waals surface area contributed by atoms with Gasteiger partial charge in [-0.15, -0.1) is 0 Å². The van der Waals surface area contributed by atoms with Gasteiger partial charge in [-0.3, -0.25) is 4.79 Å². The van der Waals surface area contributed by atoms with Crippen LogP contribution in [0.2, 0.25) is 0 Å². The predicted molar refractivity (Wildman–Crippen MR) is 51.7 cm³/mol. The van der Waals surface area contributed by atoms with E-state index in [2.05, 4.69) is 6.92 Å². The minimum absolute atomic E-state index is 0.0116. The van der Waals surface area contributed by atoms with E-state index >= 15 is 0 Å². The lowest BCUT2D eigenvalue weighted by Gasteiger charge is -2.06. The van der Waals surface area contributed by atoms with Crippen LogP contribution in [-0.2, 0) is 6.42 Å². The summed E-state index contributed by atoms with van der Waals surface area (Å²) in [7, 11) is 0. The van der Waals surface area contributed by atoms with Crippen molar-refractivity contribution in [3.8, 4) is 0 Å². The second-order valence-corrected chi connectivity index (χ2v) is 3.83. The van der Waals surface area contributed by atoms with Gasteiger partial charge in [0.1, 0.15) is 5.82 Å². The number of halogens is 1. The summed E-state index contributed by atoms with van der Waals surface area (Å²) in [5.41, 5.74) is 7.17. The molecule has 1 aromatic rings. The number of carbonyl (C=O) groups excluding carboxylic acids is 1. The number of nitrogens with two attached hydrogens (primary N) is 1. The van der Waals surface area contributed by atoms with Crippen LogP contribution in [0.1, 0.15) is 40.7 Å². The lowest BCUT2D eigenvalue weighted by molar-refractivity contribution is 0.0996. The summed E-state index contributed by atoms with van der Waals surface area (Å²) >= 11 is 0. The first-order valence-corrected chi connectivity index (χ1v) is 4.71. The molecular weight excluding hydrogens is 181 g/mol. The lowest BCUT2D eigenvalue weighted by atomic mass is 10.0. The molecule has 0 radical (unpaired) electrons. The molecule has 1 amide bonds. The van der Waals surface area contributed by atoms with Gasteiger partial charge < -0.3 is 5.73 Å². The summed E-state index contributed by atoms with van der Waals surface area (Å²) in [6.45, 7) is 2.08. The monoisotopic (exact) mass is 193 g/mol. The molecule has 1 aromatic carbocycles. The molecule has 0 aliphatic heterocycles. The van der Waals surface area contributed by atoms with Crippen LogP contribution < -0.4 is 5.73 Å². The number of benzene rings is 1. The fourth-order valence-electron chi connectivity index (χ4n) is 2.02. The van der Waals surface area contributed by atoms with Crippen molar-refractivity contribution < 1.29 is 9.18 Å². The molecule has 0 saturated heterocycles. The highest BCUT2D eigenvalue weighted by molar-refractivity contribution is 5.93.